The molecule has 0 aromatic heterocycles. The number of para-hydroxylation sites is 1. The second kappa shape index (κ2) is 14.4. The molecule has 0 amide bonds. The Labute approximate surface area is 352 Å². The van der Waals surface area contributed by atoms with Crippen LogP contribution in [0.25, 0.3) is 77.2 Å². The zero-order valence-corrected chi connectivity index (χ0v) is 33.8. The summed E-state index contributed by atoms with van der Waals surface area (Å²) in [4.78, 5) is 2.55. The average Bonchev–Trinajstić information content (AvgIpc) is 3.55. The number of fused-ring (bicyclic) bond motifs is 6. The molecule has 1 heteroatoms. The van der Waals surface area contributed by atoms with Crippen LogP contribution >= 0.6 is 0 Å². The lowest BCUT2D eigenvalue weighted by atomic mass is 9.82. The smallest absolute Gasteiger partial charge is 0.0547 e. The fraction of sp³-hybridized carbons (Fsp3) is 0.0508. The van der Waals surface area contributed by atoms with E-state index in [-0.39, 0.29) is 5.41 Å². The molecule has 10 aromatic carbocycles. The molecule has 0 saturated heterocycles. The Hall–Kier alpha value is -7.48. The summed E-state index contributed by atoms with van der Waals surface area (Å²) in [6.07, 6.45) is 0. The van der Waals surface area contributed by atoms with Crippen LogP contribution in [-0.4, -0.2) is 0 Å². The first-order valence-electron chi connectivity index (χ1n) is 20.9. The van der Waals surface area contributed by atoms with Gasteiger partial charge in [-0.1, -0.05) is 214 Å². The van der Waals surface area contributed by atoms with Gasteiger partial charge in [0.25, 0.3) is 0 Å². The van der Waals surface area contributed by atoms with Crippen LogP contribution in [0.3, 0.4) is 0 Å². The molecule has 0 saturated carbocycles. The van der Waals surface area contributed by atoms with E-state index in [0.717, 1.165) is 17.1 Å². The molecule has 1 nitrogen and oxygen atoms in total. The molecule has 0 heterocycles. The van der Waals surface area contributed by atoms with Gasteiger partial charge in [-0.15, -0.1) is 0 Å². The van der Waals surface area contributed by atoms with E-state index in [2.05, 4.69) is 243 Å². The fourth-order valence-electron chi connectivity index (χ4n) is 9.85. The molecule has 0 radical (unpaired) electrons. The zero-order chi connectivity index (χ0) is 40.2. The molecule has 1 aliphatic rings. The van der Waals surface area contributed by atoms with Crippen LogP contribution in [-0.2, 0) is 5.41 Å². The maximum absolute atomic E-state index is 2.55. The van der Waals surface area contributed by atoms with Crippen LogP contribution in [0.15, 0.2) is 224 Å². The molecule has 0 bridgehead atoms. The zero-order valence-electron chi connectivity index (χ0n) is 33.8. The van der Waals surface area contributed by atoms with Crippen LogP contribution in [0.5, 0.6) is 0 Å². The van der Waals surface area contributed by atoms with Gasteiger partial charge in [0.1, 0.15) is 0 Å². The molecule has 60 heavy (non-hydrogen) atoms. The van der Waals surface area contributed by atoms with Crippen molar-refractivity contribution >= 4 is 38.6 Å². The normalized spacial score (nSPS) is 12.6. The van der Waals surface area contributed by atoms with Crippen molar-refractivity contribution in [1.29, 1.82) is 0 Å². The number of hydrogen-bond acceptors (Lipinski definition) is 1. The Balaban J connectivity index is 1.25. The van der Waals surface area contributed by atoms with Crippen molar-refractivity contribution in [2.75, 3.05) is 4.90 Å². The Morgan fingerprint density at radius 3 is 1.60 bits per heavy atom. The monoisotopic (exact) mass is 765 g/mol. The first kappa shape index (κ1) is 35.7. The van der Waals surface area contributed by atoms with E-state index in [9.17, 15) is 0 Å². The minimum absolute atomic E-state index is 0.0705. The minimum Gasteiger partial charge on any atom is -0.309 e. The van der Waals surface area contributed by atoms with Gasteiger partial charge in [0.15, 0.2) is 0 Å². The summed E-state index contributed by atoms with van der Waals surface area (Å²) in [5, 5.41) is 4.88. The minimum atomic E-state index is -0.0705. The third kappa shape index (κ3) is 5.77. The van der Waals surface area contributed by atoms with Crippen LogP contribution in [0.1, 0.15) is 25.0 Å². The highest BCUT2D eigenvalue weighted by atomic mass is 15.1. The largest absolute Gasteiger partial charge is 0.309 e. The van der Waals surface area contributed by atoms with Crippen molar-refractivity contribution in [3.63, 3.8) is 0 Å². The third-order valence-electron chi connectivity index (χ3n) is 12.7. The van der Waals surface area contributed by atoms with Gasteiger partial charge in [-0.2, -0.15) is 0 Å². The van der Waals surface area contributed by atoms with E-state index in [4.69, 9.17) is 0 Å². The molecule has 0 N–H and O–H groups in total. The highest BCUT2D eigenvalue weighted by molar-refractivity contribution is 6.16. The number of nitrogens with zero attached hydrogens (tertiary/aromatic N) is 1. The Morgan fingerprint density at radius 2 is 0.833 bits per heavy atom. The predicted octanol–water partition coefficient (Wildman–Crippen LogP) is 16.4. The van der Waals surface area contributed by atoms with E-state index >= 15 is 0 Å². The second-order valence-corrected chi connectivity index (χ2v) is 16.4. The number of anilines is 3. The first-order chi connectivity index (χ1) is 29.6. The van der Waals surface area contributed by atoms with Crippen molar-refractivity contribution in [2.24, 2.45) is 0 Å². The molecule has 0 unspecified atom stereocenters. The van der Waals surface area contributed by atoms with Crippen molar-refractivity contribution in [3.05, 3.63) is 236 Å². The summed E-state index contributed by atoms with van der Waals surface area (Å²) in [7, 11) is 0. The van der Waals surface area contributed by atoms with Gasteiger partial charge >= 0.3 is 0 Å². The average molecular weight is 766 g/mol. The maximum Gasteiger partial charge on any atom is 0.0547 e. The quantitative estimate of drug-likeness (QED) is 0.146. The molecule has 1 aliphatic carbocycles. The Kier molecular flexibility index (Phi) is 8.57. The Bertz CT molecular complexity index is 3230. The highest BCUT2D eigenvalue weighted by Crippen LogP contribution is 2.53. The van der Waals surface area contributed by atoms with E-state index in [1.165, 1.54) is 88.3 Å². The molecule has 10 aromatic rings. The lowest BCUT2D eigenvalue weighted by Crippen LogP contribution is -2.15. The molecule has 11 rings (SSSR count). The van der Waals surface area contributed by atoms with E-state index in [1.54, 1.807) is 0 Å². The van der Waals surface area contributed by atoms with Gasteiger partial charge in [0.05, 0.1) is 17.1 Å². The van der Waals surface area contributed by atoms with Crippen LogP contribution in [0, 0.1) is 0 Å². The topological polar surface area (TPSA) is 3.24 Å². The van der Waals surface area contributed by atoms with Gasteiger partial charge in [-0.25, -0.2) is 0 Å². The fourth-order valence-corrected chi connectivity index (χ4v) is 9.85. The highest BCUT2D eigenvalue weighted by Gasteiger charge is 2.35. The third-order valence-corrected chi connectivity index (χ3v) is 12.7. The van der Waals surface area contributed by atoms with E-state index in [0.29, 0.717) is 0 Å². The number of hydrogen-bond donors (Lipinski definition) is 0. The Morgan fingerprint density at radius 1 is 0.300 bits per heavy atom. The van der Waals surface area contributed by atoms with Crippen LogP contribution in [0.2, 0.25) is 0 Å². The summed E-state index contributed by atoms with van der Waals surface area (Å²) in [6, 6.07) is 82.6. The summed E-state index contributed by atoms with van der Waals surface area (Å²) in [6.45, 7) is 4.71. The SMILES string of the molecule is CC1(C)c2ccccc2-c2cc(-c3ccccc3N(c3cccc(-c4ccccc4)c3-c3ccccc3-c3ccccc3)c3cc4ccccc4c4ccccc34)ccc21. The molecular weight excluding hydrogens is 723 g/mol. The first-order valence-corrected chi connectivity index (χ1v) is 20.9. The summed E-state index contributed by atoms with van der Waals surface area (Å²) < 4.78 is 0. The molecule has 0 fully saturated rings. The van der Waals surface area contributed by atoms with Gasteiger partial charge in [-0.3, -0.25) is 0 Å². The second-order valence-electron chi connectivity index (χ2n) is 16.4. The van der Waals surface area contributed by atoms with E-state index in [1.807, 2.05) is 0 Å². The van der Waals surface area contributed by atoms with Crippen molar-refractivity contribution in [2.45, 2.75) is 19.3 Å². The molecule has 0 aliphatic heterocycles. The predicted molar refractivity (Wildman–Crippen MR) is 255 cm³/mol. The van der Waals surface area contributed by atoms with Crippen LogP contribution < -0.4 is 4.90 Å². The molecule has 0 spiro atoms. The van der Waals surface area contributed by atoms with Crippen molar-refractivity contribution in [1.82, 2.24) is 0 Å². The van der Waals surface area contributed by atoms with Gasteiger partial charge in [-0.05, 0) is 96.1 Å². The lowest BCUT2D eigenvalue weighted by molar-refractivity contribution is 0.660. The number of benzene rings is 10. The lowest BCUT2D eigenvalue weighted by Gasteiger charge is -2.32. The summed E-state index contributed by atoms with van der Waals surface area (Å²) >= 11 is 0. The summed E-state index contributed by atoms with van der Waals surface area (Å²) in [5.74, 6) is 0. The molecule has 284 valence electrons. The molecule has 0 atom stereocenters. The van der Waals surface area contributed by atoms with Gasteiger partial charge in [0, 0.05) is 21.9 Å². The number of rotatable bonds is 7. The van der Waals surface area contributed by atoms with Crippen molar-refractivity contribution < 1.29 is 0 Å². The van der Waals surface area contributed by atoms with Gasteiger partial charge in [0.2, 0.25) is 0 Å². The maximum atomic E-state index is 2.55. The van der Waals surface area contributed by atoms with E-state index < -0.39 is 0 Å². The van der Waals surface area contributed by atoms with Crippen molar-refractivity contribution in [3.8, 4) is 55.6 Å². The van der Waals surface area contributed by atoms with Gasteiger partial charge < -0.3 is 4.90 Å². The molecular formula is C59H43N. The van der Waals surface area contributed by atoms with Crippen LogP contribution in [0.4, 0.5) is 17.1 Å². The summed E-state index contributed by atoms with van der Waals surface area (Å²) in [5.41, 5.74) is 18.1. The standard InChI is InChI=1S/C59H43N/c1-59(2)53-33-17-15-29-49(53)52-38-43(36-37-54(52)59)46-27-16-18-34-55(46)60(57-39-42-24-9-10-26-45(42)48-28-12-13-30-50(48)57)56-35-19-32-47(41-22-7-4-8-23-41)58(56)51-31-14-11-25-44(51)40-20-5-3-6-21-40/h3-39H,1-2H3.